The fourth-order valence-electron chi connectivity index (χ4n) is 1.92. The molecule has 2 nitrogen and oxygen atoms in total. The molecule has 18 heavy (non-hydrogen) atoms. The van der Waals surface area contributed by atoms with Crippen LogP contribution in [0.25, 0.3) is 0 Å². The molecule has 1 atom stereocenters. The van der Waals surface area contributed by atoms with Gasteiger partial charge in [-0.25, -0.2) is 4.39 Å². The Bertz CT molecular complexity index is 330. The summed E-state index contributed by atoms with van der Waals surface area (Å²) in [4.78, 5) is 0. The number of hydrogen-bond donors (Lipinski definition) is 1. The van der Waals surface area contributed by atoms with Crippen LogP contribution in [0.2, 0.25) is 0 Å². The largest absolute Gasteiger partial charge is 0.381 e. The van der Waals surface area contributed by atoms with Gasteiger partial charge in [-0.15, -0.1) is 0 Å². The van der Waals surface area contributed by atoms with Gasteiger partial charge in [-0.3, -0.25) is 0 Å². The van der Waals surface area contributed by atoms with E-state index in [1.807, 2.05) is 6.07 Å². The molecule has 1 N–H and O–H groups in total. The van der Waals surface area contributed by atoms with E-state index in [0.717, 1.165) is 44.6 Å². The molecule has 0 saturated heterocycles. The summed E-state index contributed by atoms with van der Waals surface area (Å²) in [6.07, 6.45) is 3.01. The first-order chi connectivity index (χ1) is 8.77. The van der Waals surface area contributed by atoms with Gasteiger partial charge in [-0.05, 0) is 43.5 Å². The summed E-state index contributed by atoms with van der Waals surface area (Å²) in [5.41, 5.74) is 1.02. The minimum Gasteiger partial charge on any atom is -0.381 e. The van der Waals surface area contributed by atoms with Crippen LogP contribution in [-0.4, -0.2) is 19.8 Å². The molecule has 0 aromatic heterocycles. The van der Waals surface area contributed by atoms with Gasteiger partial charge in [0.1, 0.15) is 5.82 Å². The number of ether oxygens (including phenoxy) is 1. The fraction of sp³-hybridized carbons (Fsp3) is 0.600. The Morgan fingerprint density at radius 1 is 1.28 bits per heavy atom. The van der Waals surface area contributed by atoms with Crippen molar-refractivity contribution in [3.8, 4) is 0 Å². The van der Waals surface area contributed by atoms with Gasteiger partial charge in [0.15, 0.2) is 0 Å². The summed E-state index contributed by atoms with van der Waals surface area (Å²) >= 11 is 0. The van der Waals surface area contributed by atoms with Crippen LogP contribution in [-0.2, 0) is 4.74 Å². The smallest absolute Gasteiger partial charge is 0.123 e. The molecule has 0 spiro atoms. The average molecular weight is 253 g/mol. The lowest BCUT2D eigenvalue weighted by Gasteiger charge is -2.17. The third-order valence-electron chi connectivity index (χ3n) is 2.86. The minimum absolute atomic E-state index is 0.168. The lowest BCUT2D eigenvalue weighted by molar-refractivity contribution is 0.131. The van der Waals surface area contributed by atoms with Crippen molar-refractivity contribution in [1.29, 1.82) is 0 Å². The number of hydrogen-bond acceptors (Lipinski definition) is 2. The van der Waals surface area contributed by atoms with E-state index in [1.54, 1.807) is 12.1 Å². The van der Waals surface area contributed by atoms with Crippen LogP contribution in [0.15, 0.2) is 24.3 Å². The molecule has 1 unspecified atom stereocenters. The van der Waals surface area contributed by atoms with Gasteiger partial charge in [0.05, 0.1) is 0 Å². The zero-order chi connectivity index (χ0) is 13.2. The van der Waals surface area contributed by atoms with Crippen LogP contribution < -0.4 is 5.32 Å². The lowest BCUT2D eigenvalue weighted by Crippen LogP contribution is -2.23. The second-order valence-electron chi connectivity index (χ2n) is 4.44. The fourth-order valence-corrected chi connectivity index (χ4v) is 1.92. The van der Waals surface area contributed by atoms with Crippen molar-refractivity contribution < 1.29 is 9.13 Å². The van der Waals surface area contributed by atoms with Crippen molar-refractivity contribution in [2.45, 2.75) is 39.2 Å². The zero-order valence-corrected chi connectivity index (χ0v) is 11.4. The molecule has 0 heterocycles. The van der Waals surface area contributed by atoms with Crippen molar-refractivity contribution in [2.75, 3.05) is 19.8 Å². The van der Waals surface area contributed by atoms with E-state index in [1.165, 1.54) is 6.07 Å². The first-order valence-electron chi connectivity index (χ1n) is 6.84. The number of benzene rings is 1. The molecular formula is C15H24FNO. The van der Waals surface area contributed by atoms with E-state index < -0.39 is 0 Å². The van der Waals surface area contributed by atoms with E-state index in [0.29, 0.717) is 0 Å². The Kier molecular flexibility index (Phi) is 7.62. The van der Waals surface area contributed by atoms with Crippen LogP contribution >= 0.6 is 0 Å². The van der Waals surface area contributed by atoms with E-state index in [4.69, 9.17) is 4.74 Å². The van der Waals surface area contributed by atoms with Crippen LogP contribution in [0.4, 0.5) is 4.39 Å². The number of rotatable bonds is 9. The highest BCUT2D eigenvalue weighted by Gasteiger charge is 2.08. The summed E-state index contributed by atoms with van der Waals surface area (Å²) in [5.74, 6) is -0.168. The summed E-state index contributed by atoms with van der Waals surface area (Å²) < 4.78 is 18.6. The Balaban J connectivity index is 2.29. The Morgan fingerprint density at radius 3 is 2.78 bits per heavy atom. The molecule has 1 aromatic rings. The zero-order valence-electron chi connectivity index (χ0n) is 11.4. The molecular weight excluding hydrogens is 229 g/mol. The third-order valence-corrected chi connectivity index (χ3v) is 2.86. The molecule has 102 valence electrons. The molecule has 0 aliphatic carbocycles. The predicted octanol–water partition coefficient (Wildman–Crippen LogP) is 3.68. The summed E-state index contributed by atoms with van der Waals surface area (Å²) in [6.45, 7) is 6.74. The van der Waals surface area contributed by atoms with Gasteiger partial charge in [0, 0.05) is 19.3 Å². The van der Waals surface area contributed by atoms with E-state index in [2.05, 4.69) is 19.2 Å². The maximum Gasteiger partial charge on any atom is 0.123 e. The maximum absolute atomic E-state index is 13.1. The number of nitrogens with one attached hydrogen (secondary N) is 1. The van der Waals surface area contributed by atoms with Gasteiger partial charge < -0.3 is 10.1 Å². The molecule has 0 fully saturated rings. The maximum atomic E-state index is 13.1. The van der Waals surface area contributed by atoms with Crippen molar-refractivity contribution in [3.63, 3.8) is 0 Å². The molecule has 1 aromatic carbocycles. The Labute approximate surface area is 110 Å². The quantitative estimate of drug-likeness (QED) is 0.678. The lowest BCUT2D eigenvalue weighted by atomic mass is 10.0. The molecule has 0 bridgehead atoms. The second-order valence-corrected chi connectivity index (χ2v) is 4.44. The molecule has 0 amide bonds. The van der Waals surface area contributed by atoms with Crippen LogP contribution in [0, 0.1) is 5.82 Å². The molecule has 0 radical (unpaired) electrons. The number of halogens is 1. The van der Waals surface area contributed by atoms with E-state index in [-0.39, 0.29) is 11.9 Å². The SMILES string of the molecule is CCCOCCCNC(CC)c1cccc(F)c1. The van der Waals surface area contributed by atoms with Crippen LogP contribution in [0.1, 0.15) is 44.7 Å². The van der Waals surface area contributed by atoms with Crippen molar-refractivity contribution >= 4 is 0 Å². The molecule has 0 aliphatic heterocycles. The monoisotopic (exact) mass is 253 g/mol. The van der Waals surface area contributed by atoms with Gasteiger partial charge >= 0.3 is 0 Å². The molecule has 0 saturated carbocycles. The molecule has 3 heteroatoms. The first-order valence-corrected chi connectivity index (χ1v) is 6.84. The summed E-state index contributed by atoms with van der Waals surface area (Å²) in [5, 5.41) is 3.44. The Hall–Kier alpha value is -0.930. The minimum atomic E-state index is -0.168. The Morgan fingerprint density at radius 2 is 2.11 bits per heavy atom. The van der Waals surface area contributed by atoms with Crippen LogP contribution in [0.3, 0.4) is 0 Å². The highest BCUT2D eigenvalue weighted by Crippen LogP contribution is 2.17. The van der Waals surface area contributed by atoms with Crippen LogP contribution in [0.5, 0.6) is 0 Å². The van der Waals surface area contributed by atoms with E-state index >= 15 is 0 Å². The second kappa shape index (κ2) is 9.06. The standard InChI is InChI=1S/C15H24FNO/c1-3-10-18-11-6-9-17-15(4-2)13-7-5-8-14(16)12-13/h5,7-8,12,15,17H,3-4,6,9-11H2,1-2H3. The van der Waals surface area contributed by atoms with Crippen molar-refractivity contribution in [3.05, 3.63) is 35.6 Å². The summed E-state index contributed by atoms with van der Waals surface area (Å²) in [6, 6.07) is 7.05. The van der Waals surface area contributed by atoms with Gasteiger partial charge in [0.2, 0.25) is 0 Å². The average Bonchev–Trinajstić information content (AvgIpc) is 2.38. The van der Waals surface area contributed by atoms with Gasteiger partial charge in [0.25, 0.3) is 0 Å². The third kappa shape index (κ3) is 5.61. The van der Waals surface area contributed by atoms with Crippen molar-refractivity contribution in [1.82, 2.24) is 5.32 Å². The van der Waals surface area contributed by atoms with Crippen molar-refractivity contribution in [2.24, 2.45) is 0 Å². The van der Waals surface area contributed by atoms with E-state index in [9.17, 15) is 4.39 Å². The highest BCUT2D eigenvalue weighted by atomic mass is 19.1. The molecule has 1 rings (SSSR count). The highest BCUT2D eigenvalue weighted by molar-refractivity contribution is 5.19. The van der Waals surface area contributed by atoms with Gasteiger partial charge in [-0.1, -0.05) is 26.0 Å². The normalized spacial score (nSPS) is 12.6. The van der Waals surface area contributed by atoms with Gasteiger partial charge in [-0.2, -0.15) is 0 Å². The first kappa shape index (κ1) is 15.1. The topological polar surface area (TPSA) is 21.3 Å². The summed E-state index contributed by atoms with van der Waals surface area (Å²) in [7, 11) is 0. The predicted molar refractivity (Wildman–Crippen MR) is 73.2 cm³/mol. The molecule has 0 aliphatic rings.